The lowest BCUT2D eigenvalue weighted by Crippen LogP contribution is -2.47. The van der Waals surface area contributed by atoms with Gasteiger partial charge in [0.05, 0.1) is 23.7 Å². The number of rotatable bonds is 3. The molecule has 0 radical (unpaired) electrons. The van der Waals surface area contributed by atoms with Crippen molar-refractivity contribution in [2.24, 2.45) is 0 Å². The van der Waals surface area contributed by atoms with Crippen LogP contribution in [-0.4, -0.2) is 50.6 Å². The van der Waals surface area contributed by atoms with Gasteiger partial charge in [-0.25, -0.2) is 0 Å². The summed E-state index contributed by atoms with van der Waals surface area (Å²) in [6.07, 6.45) is 3.07. The van der Waals surface area contributed by atoms with E-state index in [0.717, 1.165) is 5.39 Å². The highest BCUT2D eigenvalue weighted by Crippen LogP contribution is 2.28. The Kier molecular flexibility index (Phi) is 2.96. The highest BCUT2D eigenvalue weighted by atomic mass is 16.5. The average Bonchev–Trinajstić information content (AvgIpc) is 2.88. The van der Waals surface area contributed by atoms with Gasteiger partial charge in [0.25, 0.3) is 0 Å². The van der Waals surface area contributed by atoms with Crippen LogP contribution in [0.5, 0.6) is 0 Å². The molecule has 8 nitrogen and oxygen atoms in total. The predicted octanol–water partition coefficient (Wildman–Crippen LogP) is -0.112. The summed E-state index contributed by atoms with van der Waals surface area (Å²) in [5.41, 5.74) is 5.83. The van der Waals surface area contributed by atoms with Crippen LogP contribution >= 0.6 is 0 Å². The monoisotopic (exact) mass is 264 g/mol. The highest BCUT2D eigenvalue weighted by Gasteiger charge is 2.33. The second kappa shape index (κ2) is 4.63. The van der Waals surface area contributed by atoms with Gasteiger partial charge in [-0.1, -0.05) is 0 Å². The topological polar surface area (TPSA) is 122 Å². The molecule has 2 aromatic heterocycles. The summed E-state index contributed by atoms with van der Waals surface area (Å²) in [5, 5.41) is 20.4. The largest absolute Gasteiger partial charge is 0.394 e. The van der Waals surface area contributed by atoms with Crippen LogP contribution in [0.15, 0.2) is 6.20 Å². The molecule has 2 aromatic rings. The number of nitrogens with zero attached hydrogens (tertiary/aromatic N) is 3. The van der Waals surface area contributed by atoms with Gasteiger partial charge < -0.3 is 20.9 Å². The van der Waals surface area contributed by atoms with Crippen molar-refractivity contribution in [2.75, 3.05) is 30.9 Å². The standard InChI is InChI=1S/C11H16N6O2/c12-10-14-8(7-5-13-17-9(7)15-10)16-11(6-18)1-3-19-4-2-11/h5,18H,1-4,6H2,(H4,12,13,14,15,16,17). The Hall–Kier alpha value is -1.93. The average molecular weight is 264 g/mol. The number of nitrogen functional groups attached to an aromatic ring is 1. The summed E-state index contributed by atoms with van der Waals surface area (Å²) >= 11 is 0. The van der Waals surface area contributed by atoms with Gasteiger partial charge in [-0.2, -0.15) is 15.1 Å². The van der Waals surface area contributed by atoms with Crippen molar-refractivity contribution in [3.8, 4) is 0 Å². The van der Waals surface area contributed by atoms with E-state index in [1.165, 1.54) is 0 Å². The normalized spacial score (nSPS) is 18.6. The third-order valence-corrected chi connectivity index (χ3v) is 3.46. The fraction of sp³-hybridized carbons (Fsp3) is 0.545. The fourth-order valence-electron chi connectivity index (χ4n) is 2.28. The Morgan fingerprint density at radius 1 is 1.42 bits per heavy atom. The third-order valence-electron chi connectivity index (χ3n) is 3.46. The van der Waals surface area contributed by atoms with Crippen molar-refractivity contribution in [1.82, 2.24) is 20.2 Å². The molecule has 0 spiro atoms. The summed E-state index contributed by atoms with van der Waals surface area (Å²) in [6.45, 7) is 1.24. The van der Waals surface area contributed by atoms with Crippen LogP contribution in [0.25, 0.3) is 11.0 Å². The van der Waals surface area contributed by atoms with E-state index >= 15 is 0 Å². The number of hydrogen-bond acceptors (Lipinski definition) is 7. The molecule has 1 saturated heterocycles. The molecule has 1 aliphatic rings. The van der Waals surface area contributed by atoms with Crippen molar-refractivity contribution in [2.45, 2.75) is 18.4 Å². The summed E-state index contributed by atoms with van der Waals surface area (Å²) in [7, 11) is 0. The van der Waals surface area contributed by atoms with Crippen LogP contribution < -0.4 is 11.1 Å². The molecule has 0 saturated carbocycles. The molecule has 19 heavy (non-hydrogen) atoms. The maximum atomic E-state index is 9.68. The Balaban J connectivity index is 1.97. The van der Waals surface area contributed by atoms with Gasteiger partial charge in [0.1, 0.15) is 5.82 Å². The van der Waals surface area contributed by atoms with E-state index in [2.05, 4.69) is 25.5 Å². The lowest BCUT2D eigenvalue weighted by molar-refractivity contribution is 0.0379. The van der Waals surface area contributed by atoms with Gasteiger partial charge >= 0.3 is 0 Å². The summed E-state index contributed by atoms with van der Waals surface area (Å²) in [5.74, 6) is 0.756. The van der Waals surface area contributed by atoms with Crippen LogP contribution in [0.2, 0.25) is 0 Å². The first kappa shape index (κ1) is 12.1. The lowest BCUT2D eigenvalue weighted by atomic mass is 9.91. The molecule has 0 amide bonds. The highest BCUT2D eigenvalue weighted by molar-refractivity contribution is 5.87. The molecule has 3 heterocycles. The van der Waals surface area contributed by atoms with Crippen LogP contribution in [0.4, 0.5) is 11.8 Å². The maximum absolute atomic E-state index is 9.68. The number of aromatic nitrogens is 4. The van der Waals surface area contributed by atoms with Gasteiger partial charge in [-0.15, -0.1) is 0 Å². The minimum Gasteiger partial charge on any atom is -0.394 e. The summed E-state index contributed by atoms with van der Waals surface area (Å²) < 4.78 is 5.33. The molecular formula is C11H16N6O2. The molecule has 0 bridgehead atoms. The first-order chi connectivity index (χ1) is 9.22. The molecule has 1 aliphatic heterocycles. The number of aliphatic hydroxyl groups is 1. The Labute approximate surface area is 109 Å². The smallest absolute Gasteiger partial charge is 0.224 e. The molecule has 0 unspecified atom stereocenters. The number of nitrogens with two attached hydrogens (primary N) is 1. The Morgan fingerprint density at radius 2 is 2.21 bits per heavy atom. The van der Waals surface area contributed by atoms with Crippen LogP contribution in [0.1, 0.15) is 12.8 Å². The number of nitrogens with one attached hydrogen (secondary N) is 2. The first-order valence-corrected chi connectivity index (χ1v) is 6.16. The second-order valence-corrected chi connectivity index (χ2v) is 4.74. The van der Waals surface area contributed by atoms with Gasteiger partial charge in [-0.3, -0.25) is 5.10 Å². The molecule has 5 N–H and O–H groups in total. The lowest BCUT2D eigenvalue weighted by Gasteiger charge is -2.36. The van der Waals surface area contributed by atoms with E-state index in [9.17, 15) is 5.11 Å². The van der Waals surface area contributed by atoms with Crippen LogP contribution in [0, 0.1) is 0 Å². The van der Waals surface area contributed by atoms with Crippen molar-refractivity contribution in [3.63, 3.8) is 0 Å². The van der Waals surface area contributed by atoms with E-state index in [0.29, 0.717) is 37.5 Å². The van der Waals surface area contributed by atoms with Crippen LogP contribution in [-0.2, 0) is 4.74 Å². The molecule has 0 atom stereocenters. The number of anilines is 2. The number of fused-ring (bicyclic) bond motifs is 1. The number of aliphatic hydroxyl groups excluding tert-OH is 1. The third kappa shape index (κ3) is 2.20. The Bertz CT molecular complexity index is 578. The van der Waals surface area contributed by atoms with Crippen LogP contribution in [0.3, 0.4) is 0 Å². The second-order valence-electron chi connectivity index (χ2n) is 4.74. The summed E-state index contributed by atoms with van der Waals surface area (Å²) in [6, 6.07) is 0. The zero-order chi connectivity index (χ0) is 13.3. The molecular weight excluding hydrogens is 248 g/mol. The van der Waals surface area contributed by atoms with Crippen molar-refractivity contribution in [3.05, 3.63) is 6.20 Å². The molecule has 0 aromatic carbocycles. The van der Waals surface area contributed by atoms with Crippen molar-refractivity contribution >= 4 is 22.8 Å². The number of aromatic amines is 1. The van der Waals surface area contributed by atoms with E-state index in [4.69, 9.17) is 10.5 Å². The van der Waals surface area contributed by atoms with E-state index in [1.807, 2.05) is 0 Å². The van der Waals surface area contributed by atoms with E-state index in [-0.39, 0.29) is 12.6 Å². The van der Waals surface area contributed by atoms with E-state index < -0.39 is 5.54 Å². The summed E-state index contributed by atoms with van der Waals surface area (Å²) in [4.78, 5) is 8.26. The molecule has 1 fully saturated rings. The minimum atomic E-state index is -0.427. The number of ether oxygens (including phenoxy) is 1. The zero-order valence-electron chi connectivity index (χ0n) is 10.4. The van der Waals surface area contributed by atoms with Crippen molar-refractivity contribution in [1.29, 1.82) is 0 Å². The van der Waals surface area contributed by atoms with E-state index in [1.54, 1.807) is 6.20 Å². The quantitative estimate of drug-likeness (QED) is 0.610. The van der Waals surface area contributed by atoms with Gasteiger partial charge in [0.2, 0.25) is 5.95 Å². The molecule has 3 rings (SSSR count). The predicted molar refractivity (Wildman–Crippen MR) is 69.6 cm³/mol. The maximum Gasteiger partial charge on any atom is 0.224 e. The molecule has 102 valence electrons. The zero-order valence-corrected chi connectivity index (χ0v) is 10.4. The molecule has 0 aliphatic carbocycles. The minimum absolute atomic E-state index is 0.0135. The van der Waals surface area contributed by atoms with Gasteiger partial charge in [-0.05, 0) is 12.8 Å². The Morgan fingerprint density at radius 3 is 2.95 bits per heavy atom. The first-order valence-electron chi connectivity index (χ1n) is 6.16. The fourth-order valence-corrected chi connectivity index (χ4v) is 2.28. The van der Waals surface area contributed by atoms with Gasteiger partial charge in [0.15, 0.2) is 5.65 Å². The number of hydrogen-bond donors (Lipinski definition) is 4. The number of H-pyrrole nitrogens is 1. The SMILES string of the molecule is Nc1nc(NC2(CO)CCOCC2)c2cn[nH]c2n1. The van der Waals surface area contributed by atoms with Gasteiger partial charge in [0, 0.05) is 13.2 Å². The van der Waals surface area contributed by atoms with Crippen molar-refractivity contribution < 1.29 is 9.84 Å². The molecule has 8 heteroatoms.